The number of nitrogens with zero attached hydrogens (tertiary/aromatic N) is 1. The summed E-state index contributed by atoms with van der Waals surface area (Å²) in [7, 11) is 0. The van der Waals surface area contributed by atoms with E-state index < -0.39 is 5.24 Å². The molecule has 0 N–H and O–H groups in total. The monoisotopic (exact) mass is 305 g/mol. The molecule has 0 atom stereocenters. The Labute approximate surface area is 94.6 Å². The Morgan fingerprint density at radius 1 is 1.62 bits per heavy atom. The van der Waals surface area contributed by atoms with Crippen molar-refractivity contribution in [2.75, 3.05) is 0 Å². The molecular weight excluding hydrogens is 300 g/mol. The fraction of sp³-hybridized carbons (Fsp3) is 0.111. The Morgan fingerprint density at radius 3 is 2.69 bits per heavy atom. The second-order valence-electron chi connectivity index (χ2n) is 2.53. The maximum Gasteiger partial charge on any atom is 0.253 e. The molecule has 1 rings (SSSR count). The fourth-order valence-corrected chi connectivity index (χ4v) is 1.56. The van der Waals surface area contributed by atoms with Gasteiger partial charge in [0, 0.05) is 3.57 Å². The van der Waals surface area contributed by atoms with Gasteiger partial charge < -0.3 is 0 Å². The lowest BCUT2D eigenvalue weighted by molar-refractivity contribution is 0.108. The van der Waals surface area contributed by atoms with E-state index in [-0.39, 0.29) is 5.56 Å². The second kappa shape index (κ2) is 4.07. The average molecular weight is 306 g/mol. The summed E-state index contributed by atoms with van der Waals surface area (Å²) in [5.74, 6) is 0. The summed E-state index contributed by atoms with van der Waals surface area (Å²) in [6.07, 6.45) is 0. The Balaban J connectivity index is 3.44. The molecule has 0 spiro atoms. The lowest BCUT2D eigenvalue weighted by Crippen LogP contribution is -1.96. The zero-order chi connectivity index (χ0) is 10.0. The summed E-state index contributed by atoms with van der Waals surface area (Å²) < 4.78 is 0.931. The number of hydrogen-bond acceptors (Lipinski definition) is 2. The number of rotatable bonds is 1. The van der Waals surface area contributed by atoms with Gasteiger partial charge in [0.05, 0.1) is 17.2 Å². The van der Waals surface area contributed by atoms with E-state index in [1.807, 2.05) is 13.0 Å². The molecule has 0 saturated heterocycles. The molecule has 0 aliphatic carbocycles. The zero-order valence-electron chi connectivity index (χ0n) is 6.77. The summed E-state index contributed by atoms with van der Waals surface area (Å²) in [5, 5.41) is 8.13. The van der Waals surface area contributed by atoms with Gasteiger partial charge in [-0.1, -0.05) is 0 Å². The summed E-state index contributed by atoms with van der Waals surface area (Å²) in [6.45, 7) is 1.88. The van der Waals surface area contributed by atoms with Crippen LogP contribution in [0.15, 0.2) is 12.1 Å². The van der Waals surface area contributed by atoms with Crippen molar-refractivity contribution in [2.24, 2.45) is 0 Å². The SMILES string of the molecule is Cc1cc(C#N)c(C(=O)Cl)cc1I. The van der Waals surface area contributed by atoms with Gasteiger partial charge in [0.1, 0.15) is 0 Å². The minimum atomic E-state index is -0.588. The largest absolute Gasteiger partial charge is 0.276 e. The molecule has 66 valence electrons. The van der Waals surface area contributed by atoms with Gasteiger partial charge in [0.25, 0.3) is 5.24 Å². The molecule has 1 aromatic rings. The molecule has 0 aliphatic heterocycles. The van der Waals surface area contributed by atoms with Crippen molar-refractivity contribution < 1.29 is 4.79 Å². The number of carbonyl (C=O) groups is 1. The zero-order valence-corrected chi connectivity index (χ0v) is 9.68. The van der Waals surface area contributed by atoms with Crippen molar-refractivity contribution in [3.05, 3.63) is 32.4 Å². The van der Waals surface area contributed by atoms with E-state index in [4.69, 9.17) is 16.9 Å². The number of halogens is 2. The van der Waals surface area contributed by atoms with Gasteiger partial charge in [-0.15, -0.1) is 0 Å². The quantitative estimate of drug-likeness (QED) is 0.591. The smallest absolute Gasteiger partial charge is 0.253 e. The third-order valence-electron chi connectivity index (χ3n) is 1.63. The molecule has 0 amide bonds. The van der Waals surface area contributed by atoms with E-state index in [0.717, 1.165) is 9.13 Å². The first-order valence-electron chi connectivity index (χ1n) is 3.46. The highest BCUT2D eigenvalue weighted by Crippen LogP contribution is 2.19. The highest BCUT2D eigenvalue weighted by Gasteiger charge is 2.10. The van der Waals surface area contributed by atoms with Crippen LogP contribution in [0.4, 0.5) is 0 Å². The Kier molecular flexibility index (Phi) is 3.28. The molecule has 0 radical (unpaired) electrons. The summed E-state index contributed by atoms with van der Waals surface area (Å²) in [6, 6.07) is 5.23. The number of aryl methyl sites for hydroxylation is 1. The molecule has 4 heteroatoms. The molecule has 0 aromatic heterocycles. The van der Waals surface area contributed by atoms with E-state index in [2.05, 4.69) is 22.6 Å². The molecule has 0 heterocycles. The molecule has 1 aromatic carbocycles. The Bertz CT molecular complexity index is 409. The first kappa shape index (κ1) is 10.5. The number of nitriles is 1. The standard InChI is InChI=1S/C9H5ClINO/c1-5-2-6(4-12)7(9(10)13)3-8(5)11/h2-3H,1H3. The number of hydrogen-bond donors (Lipinski definition) is 0. The van der Waals surface area contributed by atoms with E-state index >= 15 is 0 Å². The molecule has 0 aliphatic rings. The Hall–Kier alpha value is -0.600. The molecule has 0 fully saturated rings. The number of carbonyl (C=O) groups excluding carboxylic acids is 1. The summed E-state index contributed by atoms with van der Waals surface area (Å²) in [4.78, 5) is 10.9. The molecular formula is C9H5ClINO. The van der Waals surface area contributed by atoms with E-state index in [0.29, 0.717) is 5.56 Å². The third-order valence-corrected chi connectivity index (χ3v) is 3.00. The summed E-state index contributed by atoms with van der Waals surface area (Å²) in [5.41, 5.74) is 1.58. The second-order valence-corrected chi connectivity index (χ2v) is 4.04. The maximum absolute atomic E-state index is 10.9. The van der Waals surface area contributed by atoms with Gasteiger partial charge in [0.2, 0.25) is 0 Å². The van der Waals surface area contributed by atoms with Crippen LogP contribution in [0.5, 0.6) is 0 Å². The molecule has 0 unspecified atom stereocenters. The topological polar surface area (TPSA) is 40.9 Å². The van der Waals surface area contributed by atoms with Crippen molar-refractivity contribution in [2.45, 2.75) is 6.92 Å². The van der Waals surface area contributed by atoms with Crippen molar-refractivity contribution >= 4 is 39.4 Å². The van der Waals surface area contributed by atoms with Crippen LogP contribution in [0.2, 0.25) is 0 Å². The molecule has 0 saturated carbocycles. The minimum absolute atomic E-state index is 0.277. The van der Waals surface area contributed by atoms with Crippen molar-refractivity contribution in [1.29, 1.82) is 5.26 Å². The maximum atomic E-state index is 10.9. The van der Waals surface area contributed by atoms with Crippen LogP contribution in [0, 0.1) is 21.8 Å². The average Bonchev–Trinajstić information content (AvgIpc) is 2.08. The van der Waals surface area contributed by atoms with Crippen LogP contribution in [-0.4, -0.2) is 5.24 Å². The van der Waals surface area contributed by atoms with Gasteiger partial charge in [-0.05, 0) is 58.8 Å². The van der Waals surface area contributed by atoms with Gasteiger partial charge in [-0.25, -0.2) is 0 Å². The number of benzene rings is 1. The van der Waals surface area contributed by atoms with Crippen LogP contribution in [-0.2, 0) is 0 Å². The first-order chi connectivity index (χ1) is 6.06. The van der Waals surface area contributed by atoms with Crippen LogP contribution in [0.1, 0.15) is 21.5 Å². The van der Waals surface area contributed by atoms with E-state index in [1.54, 1.807) is 12.1 Å². The minimum Gasteiger partial charge on any atom is -0.276 e. The first-order valence-corrected chi connectivity index (χ1v) is 4.92. The lowest BCUT2D eigenvalue weighted by atomic mass is 10.1. The van der Waals surface area contributed by atoms with E-state index in [1.165, 1.54) is 0 Å². The Morgan fingerprint density at radius 2 is 2.23 bits per heavy atom. The van der Waals surface area contributed by atoms with Gasteiger partial charge >= 0.3 is 0 Å². The third kappa shape index (κ3) is 2.20. The van der Waals surface area contributed by atoms with Crippen LogP contribution in [0.25, 0.3) is 0 Å². The van der Waals surface area contributed by atoms with Gasteiger partial charge in [0.15, 0.2) is 0 Å². The highest BCUT2D eigenvalue weighted by molar-refractivity contribution is 14.1. The summed E-state index contributed by atoms with van der Waals surface area (Å²) >= 11 is 7.41. The van der Waals surface area contributed by atoms with Crippen LogP contribution >= 0.6 is 34.2 Å². The lowest BCUT2D eigenvalue weighted by Gasteiger charge is -2.02. The van der Waals surface area contributed by atoms with Crippen molar-refractivity contribution in [3.8, 4) is 6.07 Å². The van der Waals surface area contributed by atoms with Crippen molar-refractivity contribution in [1.82, 2.24) is 0 Å². The molecule has 2 nitrogen and oxygen atoms in total. The van der Waals surface area contributed by atoms with Crippen LogP contribution in [0.3, 0.4) is 0 Å². The molecule has 0 bridgehead atoms. The predicted octanol–water partition coefficient (Wildman–Crippen LogP) is 2.85. The van der Waals surface area contributed by atoms with Gasteiger partial charge in [-0.3, -0.25) is 4.79 Å². The van der Waals surface area contributed by atoms with Crippen LogP contribution < -0.4 is 0 Å². The normalized spacial score (nSPS) is 9.38. The molecule has 13 heavy (non-hydrogen) atoms. The predicted molar refractivity (Wildman–Crippen MR) is 58.8 cm³/mol. The van der Waals surface area contributed by atoms with Gasteiger partial charge in [-0.2, -0.15) is 5.26 Å². The fourth-order valence-electron chi connectivity index (χ4n) is 0.937. The van der Waals surface area contributed by atoms with Crippen molar-refractivity contribution in [3.63, 3.8) is 0 Å². The van der Waals surface area contributed by atoms with E-state index in [9.17, 15) is 4.79 Å². The highest BCUT2D eigenvalue weighted by atomic mass is 127.